The lowest BCUT2D eigenvalue weighted by Crippen LogP contribution is -2.32. The van der Waals surface area contributed by atoms with E-state index >= 15 is 0 Å². The Bertz CT molecular complexity index is 1420. The van der Waals surface area contributed by atoms with Crippen molar-refractivity contribution < 1.29 is 4.79 Å². The summed E-state index contributed by atoms with van der Waals surface area (Å²) in [5, 5.41) is 7.01. The van der Waals surface area contributed by atoms with Gasteiger partial charge in [-0.25, -0.2) is 9.97 Å². The van der Waals surface area contributed by atoms with E-state index in [1.54, 1.807) is 22.4 Å². The maximum atomic E-state index is 12.9. The molecule has 0 atom stereocenters. The minimum absolute atomic E-state index is 0.0625. The summed E-state index contributed by atoms with van der Waals surface area (Å²) in [6.07, 6.45) is 2.08. The van der Waals surface area contributed by atoms with Gasteiger partial charge in [-0.15, -0.1) is 11.3 Å². The summed E-state index contributed by atoms with van der Waals surface area (Å²) in [6, 6.07) is 12.0. The van der Waals surface area contributed by atoms with E-state index in [4.69, 9.17) is 5.73 Å². The van der Waals surface area contributed by atoms with E-state index in [1.807, 2.05) is 50.2 Å². The van der Waals surface area contributed by atoms with Gasteiger partial charge in [0.15, 0.2) is 5.82 Å². The molecule has 0 aliphatic carbocycles. The normalized spacial score (nSPS) is 11.4. The van der Waals surface area contributed by atoms with Crippen molar-refractivity contribution in [2.24, 2.45) is 0 Å². The second kappa shape index (κ2) is 8.08. The van der Waals surface area contributed by atoms with Crippen LogP contribution in [0.25, 0.3) is 31.8 Å². The van der Waals surface area contributed by atoms with E-state index in [2.05, 4.69) is 25.1 Å². The summed E-state index contributed by atoms with van der Waals surface area (Å²) in [7, 11) is 0. The first kappa shape index (κ1) is 20.2. The average molecular weight is 446 g/mol. The summed E-state index contributed by atoms with van der Waals surface area (Å²) in [5.74, 6) is 1.13. The maximum absolute atomic E-state index is 12.9. The Kier molecular flexibility index (Phi) is 5.10. The Morgan fingerprint density at radius 3 is 2.84 bits per heavy atom. The zero-order valence-electron chi connectivity index (χ0n) is 17.8. The summed E-state index contributed by atoms with van der Waals surface area (Å²) in [5.41, 5.74) is 11.6. The van der Waals surface area contributed by atoms with Crippen molar-refractivity contribution in [3.05, 3.63) is 59.5 Å². The van der Waals surface area contributed by atoms with Gasteiger partial charge < -0.3 is 15.6 Å². The fourth-order valence-electron chi connectivity index (χ4n) is 3.86. The molecule has 5 aromatic rings. The molecule has 0 radical (unpaired) electrons. The molecule has 162 valence electrons. The highest BCUT2D eigenvalue weighted by Crippen LogP contribution is 2.36. The molecule has 5 rings (SSSR count). The van der Waals surface area contributed by atoms with Gasteiger partial charge in [-0.2, -0.15) is 5.10 Å². The van der Waals surface area contributed by atoms with Crippen LogP contribution in [-0.2, 0) is 17.8 Å². The lowest BCUT2D eigenvalue weighted by atomic mass is 10.1. The minimum atomic E-state index is 0.0625. The first-order valence-corrected chi connectivity index (χ1v) is 11.2. The molecular formula is C23H23N7OS. The number of anilines is 1. The zero-order valence-corrected chi connectivity index (χ0v) is 18.7. The van der Waals surface area contributed by atoms with Crippen LogP contribution < -0.4 is 5.73 Å². The van der Waals surface area contributed by atoms with Crippen LogP contribution >= 0.6 is 11.3 Å². The number of hydrogen-bond donors (Lipinski definition) is 3. The second-order valence-electron chi connectivity index (χ2n) is 7.77. The molecule has 0 saturated heterocycles. The van der Waals surface area contributed by atoms with Crippen LogP contribution in [0.3, 0.4) is 0 Å². The van der Waals surface area contributed by atoms with Gasteiger partial charge in [0, 0.05) is 12.7 Å². The molecule has 0 unspecified atom stereocenters. The number of fused-ring (bicyclic) bond motifs is 3. The van der Waals surface area contributed by atoms with Gasteiger partial charge in [-0.1, -0.05) is 29.8 Å². The number of amides is 1. The topological polar surface area (TPSA) is 117 Å². The molecule has 0 aliphatic heterocycles. The predicted octanol–water partition coefficient (Wildman–Crippen LogP) is 4.04. The van der Waals surface area contributed by atoms with Crippen molar-refractivity contribution >= 4 is 44.3 Å². The van der Waals surface area contributed by atoms with Crippen molar-refractivity contribution in [3.8, 4) is 10.6 Å². The smallest absolute Gasteiger partial charge is 0.227 e. The molecule has 0 saturated carbocycles. The van der Waals surface area contributed by atoms with Crippen LogP contribution in [0.4, 0.5) is 5.82 Å². The van der Waals surface area contributed by atoms with Crippen LogP contribution in [0.1, 0.15) is 23.9 Å². The van der Waals surface area contributed by atoms with Crippen molar-refractivity contribution in [1.29, 1.82) is 0 Å². The number of pyridine rings is 1. The fourth-order valence-corrected chi connectivity index (χ4v) is 4.94. The van der Waals surface area contributed by atoms with Gasteiger partial charge in [0.1, 0.15) is 11.3 Å². The standard InChI is InChI=1S/C23H23N7OS/c1-3-30(19(31)10-14-6-4-5-13(2)9-14)12-18-27-20-21(28-18)23(24)26-16-11-17(32-22(16)20)15-7-8-25-29-15/h4-9,11H,3,10,12H2,1-2H3,(H2,24,26)(H,25,29)(H,27,28). The van der Waals surface area contributed by atoms with Gasteiger partial charge in [0.2, 0.25) is 5.91 Å². The maximum Gasteiger partial charge on any atom is 0.227 e. The quantitative estimate of drug-likeness (QED) is 0.365. The van der Waals surface area contributed by atoms with Crippen LogP contribution in [0.15, 0.2) is 42.6 Å². The number of rotatable bonds is 6. The molecule has 4 aromatic heterocycles. The number of likely N-dealkylation sites (N-methyl/N-ethyl adjacent to an activating group) is 1. The number of nitrogens with two attached hydrogens (primary N) is 1. The molecule has 0 spiro atoms. The molecule has 0 bridgehead atoms. The van der Waals surface area contributed by atoms with E-state index in [9.17, 15) is 4.79 Å². The summed E-state index contributed by atoms with van der Waals surface area (Å²) in [4.78, 5) is 28.4. The highest BCUT2D eigenvalue weighted by Gasteiger charge is 2.19. The number of carbonyl (C=O) groups excluding carboxylic acids is 1. The summed E-state index contributed by atoms with van der Waals surface area (Å²) < 4.78 is 0.978. The predicted molar refractivity (Wildman–Crippen MR) is 127 cm³/mol. The van der Waals surface area contributed by atoms with E-state index in [0.717, 1.165) is 37.4 Å². The number of H-pyrrole nitrogens is 2. The number of aromatic nitrogens is 5. The van der Waals surface area contributed by atoms with Crippen LogP contribution in [-0.4, -0.2) is 42.5 Å². The highest BCUT2D eigenvalue weighted by molar-refractivity contribution is 7.23. The number of nitrogens with one attached hydrogen (secondary N) is 2. The lowest BCUT2D eigenvalue weighted by molar-refractivity contribution is -0.131. The Hall–Kier alpha value is -3.72. The molecule has 4 heterocycles. The molecule has 9 heteroatoms. The Balaban J connectivity index is 1.45. The molecule has 1 amide bonds. The second-order valence-corrected chi connectivity index (χ2v) is 8.83. The van der Waals surface area contributed by atoms with E-state index in [-0.39, 0.29) is 5.91 Å². The molecule has 0 fully saturated rings. The number of aromatic amines is 2. The van der Waals surface area contributed by atoms with Crippen LogP contribution in [0.2, 0.25) is 0 Å². The van der Waals surface area contributed by atoms with Crippen molar-refractivity contribution in [2.45, 2.75) is 26.8 Å². The number of benzene rings is 1. The third kappa shape index (κ3) is 3.71. The SMILES string of the molecule is CCN(Cc1nc2c(N)nc3cc(-c4ccn[nH]4)sc3c2[nH]1)C(=O)Cc1cccc(C)c1. The first-order valence-electron chi connectivity index (χ1n) is 10.4. The van der Waals surface area contributed by atoms with Crippen LogP contribution in [0.5, 0.6) is 0 Å². The van der Waals surface area contributed by atoms with Crippen molar-refractivity contribution in [2.75, 3.05) is 12.3 Å². The minimum Gasteiger partial charge on any atom is -0.382 e. The van der Waals surface area contributed by atoms with E-state index < -0.39 is 0 Å². The number of thiophene rings is 1. The molecule has 4 N–H and O–H groups in total. The third-order valence-electron chi connectivity index (χ3n) is 5.45. The Morgan fingerprint density at radius 2 is 2.09 bits per heavy atom. The van der Waals surface area contributed by atoms with E-state index in [0.29, 0.717) is 36.7 Å². The van der Waals surface area contributed by atoms with E-state index in [1.165, 1.54) is 0 Å². The Labute approximate surface area is 188 Å². The number of nitrogen functional groups attached to an aromatic ring is 1. The van der Waals surface area contributed by atoms with Gasteiger partial charge in [0.25, 0.3) is 0 Å². The number of carbonyl (C=O) groups is 1. The molecule has 8 nitrogen and oxygen atoms in total. The highest BCUT2D eigenvalue weighted by atomic mass is 32.1. The van der Waals surface area contributed by atoms with Gasteiger partial charge in [-0.05, 0) is 31.5 Å². The number of aryl methyl sites for hydroxylation is 1. The monoisotopic (exact) mass is 445 g/mol. The van der Waals surface area contributed by atoms with Gasteiger partial charge >= 0.3 is 0 Å². The van der Waals surface area contributed by atoms with Gasteiger partial charge in [-0.3, -0.25) is 9.89 Å². The number of imidazole rings is 1. The zero-order chi connectivity index (χ0) is 22.2. The van der Waals surface area contributed by atoms with Crippen molar-refractivity contribution in [3.63, 3.8) is 0 Å². The number of nitrogens with zero attached hydrogens (tertiary/aromatic N) is 4. The number of hydrogen-bond acceptors (Lipinski definition) is 6. The average Bonchev–Trinajstić information content (AvgIpc) is 3.50. The lowest BCUT2D eigenvalue weighted by Gasteiger charge is -2.19. The molecule has 0 aliphatic rings. The van der Waals surface area contributed by atoms with Crippen LogP contribution in [0, 0.1) is 6.92 Å². The molecule has 32 heavy (non-hydrogen) atoms. The third-order valence-corrected chi connectivity index (χ3v) is 6.63. The largest absolute Gasteiger partial charge is 0.382 e. The first-order chi connectivity index (χ1) is 15.5. The Morgan fingerprint density at radius 1 is 1.22 bits per heavy atom. The molecular weight excluding hydrogens is 422 g/mol. The van der Waals surface area contributed by atoms with Gasteiger partial charge in [0.05, 0.1) is 39.3 Å². The summed E-state index contributed by atoms with van der Waals surface area (Å²) >= 11 is 1.60. The fraction of sp³-hybridized carbons (Fsp3) is 0.217. The summed E-state index contributed by atoms with van der Waals surface area (Å²) in [6.45, 7) is 4.98. The molecule has 1 aromatic carbocycles. The van der Waals surface area contributed by atoms with Crippen molar-refractivity contribution in [1.82, 2.24) is 30.0 Å².